The topological polar surface area (TPSA) is 84.0 Å². The summed E-state index contributed by atoms with van der Waals surface area (Å²) < 4.78 is 0. The third-order valence-corrected chi connectivity index (χ3v) is 4.15. The van der Waals surface area contributed by atoms with Gasteiger partial charge < -0.3 is 10.6 Å². The lowest BCUT2D eigenvalue weighted by Crippen LogP contribution is -2.23. The smallest absolute Gasteiger partial charge is 0.257 e. The molecule has 2 aromatic heterocycles. The number of nitrogens with one attached hydrogen (secondary N) is 2. The molecule has 7 heteroatoms. The van der Waals surface area contributed by atoms with E-state index >= 15 is 0 Å². The quantitative estimate of drug-likeness (QED) is 0.708. The fourth-order valence-electron chi connectivity index (χ4n) is 2.40. The molecular formula is C20H17ClN4O2. The van der Waals surface area contributed by atoms with Crippen LogP contribution in [0.3, 0.4) is 0 Å². The van der Waals surface area contributed by atoms with E-state index in [9.17, 15) is 9.59 Å². The first kappa shape index (κ1) is 18.5. The average molecular weight is 381 g/mol. The van der Waals surface area contributed by atoms with Gasteiger partial charge in [0.05, 0.1) is 11.1 Å². The van der Waals surface area contributed by atoms with Crippen LogP contribution in [0.4, 0.5) is 5.69 Å². The summed E-state index contributed by atoms with van der Waals surface area (Å²) in [4.78, 5) is 32.8. The fourth-order valence-corrected chi connectivity index (χ4v) is 2.57. The van der Waals surface area contributed by atoms with Crippen molar-refractivity contribution < 1.29 is 9.59 Å². The number of hydrogen-bond donors (Lipinski definition) is 2. The van der Waals surface area contributed by atoms with Crippen LogP contribution in [0.25, 0.3) is 0 Å². The van der Waals surface area contributed by atoms with Gasteiger partial charge in [-0.15, -0.1) is 0 Å². The zero-order valence-corrected chi connectivity index (χ0v) is 15.3. The van der Waals surface area contributed by atoms with Crippen LogP contribution in [0.15, 0.2) is 61.2 Å². The van der Waals surface area contributed by atoms with Crippen molar-refractivity contribution in [2.75, 3.05) is 5.32 Å². The molecule has 0 aliphatic rings. The third-order valence-electron chi connectivity index (χ3n) is 3.91. The number of pyridine rings is 2. The second-order valence-corrected chi connectivity index (χ2v) is 6.35. The molecule has 3 aromatic rings. The van der Waals surface area contributed by atoms with E-state index in [2.05, 4.69) is 20.6 Å². The monoisotopic (exact) mass is 380 g/mol. The Balaban J connectivity index is 1.69. The number of anilines is 1. The zero-order valence-electron chi connectivity index (χ0n) is 14.6. The van der Waals surface area contributed by atoms with Gasteiger partial charge >= 0.3 is 0 Å². The summed E-state index contributed by atoms with van der Waals surface area (Å²) in [6.07, 6.45) is 6.15. The van der Waals surface area contributed by atoms with Crippen LogP contribution < -0.4 is 10.6 Å². The van der Waals surface area contributed by atoms with Gasteiger partial charge in [0.15, 0.2) is 0 Å². The van der Waals surface area contributed by atoms with E-state index in [1.165, 1.54) is 18.5 Å². The highest BCUT2D eigenvalue weighted by molar-refractivity contribution is 6.31. The summed E-state index contributed by atoms with van der Waals surface area (Å²) in [7, 11) is 0. The van der Waals surface area contributed by atoms with Crippen LogP contribution in [-0.2, 0) is 6.54 Å². The molecule has 27 heavy (non-hydrogen) atoms. The Kier molecular flexibility index (Phi) is 5.78. The van der Waals surface area contributed by atoms with Crippen molar-refractivity contribution in [2.45, 2.75) is 13.5 Å². The van der Waals surface area contributed by atoms with E-state index < -0.39 is 0 Å². The first-order chi connectivity index (χ1) is 13.0. The molecule has 0 spiro atoms. The predicted octanol–water partition coefficient (Wildman–Crippen LogP) is 3.62. The highest BCUT2D eigenvalue weighted by Crippen LogP contribution is 2.21. The summed E-state index contributed by atoms with van der Waals surface area (Å²) in [5.41, 5.74) is 3.01. The molecule has 0 aliphatic carbocycles. The molecular weight excluding hydrogens is 364 g/mol. The van der Waals surface area contributed by atoms with Gasteiger partial charge in [0, 0.05) is 42.0 Å². The molecule has 0 unspecified atom stereocenters. The standard InChI is InChI=1S/C20H17ClN4O2/c1-13-2-3-17(21)9-18(13)25-20(27)16-8-15(11-23-12-16)19(26)24-10-14-4-6-22-7-5-14/h2-9,11-12H,10H2,1H3,(H,24,26)(H,25,27). The molecule has 2 N–H and O–H groups in total. The van der Waals surface area contributed by atoms with Crippen molar-refractivity contribution in [3.05, 3.63) is 88.5 Å². The molecule has 136 valence electrons. The van der Waals surface area contributed by atoms with Crippen molar-refractivity contribution in [1.82, 2.24) is 15.3 Å². The number of nitrogens with zero attached hydrogens (tertiary/aromatic N) is 2. The Morgan fingerprint density at radius 2 is 1.67 bits per heavy atom. The van der Waals surface area contributed by atoms with E-state index in [0.29, 0.717) is 22.8 Å². The van der Waals surface area contributed by atoms with E-state index in [4.69, 9.17) is 11.6 Å². The van der Waals surface area contributed by atoms with E-state index in [0.717, 1.165) is 11.1 Å². The molecule has 3 rings (SSSR count). The van der Waals surface area contributed by atoms with Crippen LogP contribution in [0.1, 0.15) is 31.8 Å². The van der Waals surface area contributed by atoms with Gasteiger partial charge in [-0.05, 0) is 48.4 Å². The lowest BCUT2D eigenvalue weighted by Gasteiger charge is -2.10. The second-order valence-electron chi connectivity index (χ2n) is 5.91. The zero-order chi connectivity index (χ0) is 19.2. The first-order valence-corrected chi connectivity index (χ1v) is 8.60. The number of amides is 2. The number of halogens is 1. The molecule has 0 fully saturated rings. The third kappa shape index (κ3) is 4.89. The molecule has 2 amide bonds. The van der Waals surface area contributed by atoms with E-state index in [1.807, 2.05) is 25.1 Å². The molecule has 0 bridgehead atoms. The Hall–Kier alpha value is -3.25. The molecule has 0 saturated heterocycles. The van der Waals surface area contributed by atoms with Crippen molar-refractivity contribution in [3.63, 3.8) is 0 Å². The van der Waals surface area contributed by atoms with Crippen molar-refractivity contribution in [3.8, 4) is 0 Å². The van der Waals surface area contributed by atoms with Gasteiger partial charge in [0.25, 0.3) is 11.8 Å². The number of aryl methyl sites for hydroxylation is 1. The molecule has 1 aromatic carbocycles. The van der Waals surface area contributed by atoms with Gasteiger partial charge in [0.2, 0.25) is 0 Å². The number of carbonyl (C=O) groups is 2. The highest BCUT2D eigenvalue weighted by Gasteiger charge is 2.12. The minimum absolute atomic E-state index is 0.283. The van der Waals surface area contributed by atoms with E-state index in [-0.39, 0.29) is 17.4 Å². The number of rotatable bonds is 5. The Morgan fingerprint density at radius 3 is 2.41 bits per heavy atom. The number of aromatic nitrogens is 2. The minimum Gasteiger partial charge on any atom is -0.348 e. The van der Waals surface area contributed by atoms with Gasteiger partial charge in [-0.25, -0.2) is 0 Å². The number of carbonyl (C=O) groups excluding carboxylic acids is 2. The maximum Gasteiger partial charge on any atom is 0.257 e. The Bertz CT molecular complexity index is 977. The minimum atomic E-state index is -0.364. The van der Waals surface area contributed by atoms with Gasteiger partial charge in [-0.3, -0.25) is 19.6 Å². The second kappa shape index (κ2) is 8.42. The van der Waals surface area contributed by atoms with Crippen molar-refractivity contribution in [1.29, 1.82) is 0 Å². The molecule has 0 saturated carbocycles. The largest absolute Gasteiger partial charge is 0.348 e. The van der Waals surface area contributed by atoms with E-state index in [1.54, 1.807) is 24.5 Å². The summed E-state index contributed by atoms with van der Waals surface area (Å²) in [5.74, 6) is -0.676. The predicted molar refractivity (Wildman–Crippen MR) is 104 cm³/mol. The Morgan fingerprint density at radius 1 is 0.963 bits per heavy atom. The van der Waals surface area contributed by atoms with Crippen LogP contribution in [0.2, 0.25) is 5.02 Å². The summed E-state index contributed by atoms with van der Waals surface area (Å²) in [5, 5.41) is 6.11. The lowest BCUT2D eigenvalue weighted by molar-refractivity contribution is 0.0950. The Labute approximate surface area is 161 Å². The van der Waals surface area contributed by atoms with Gasteiger partial charge in [0.1, 0.15) is 0 Å². The summed E-state index contributed by atoms with van der Waals surface area (Å²) >= 11 is 5.98. The van der Waals surface area contributed by atoms with Crippen LogP contribution in [0, 0.1) is 6.92 Å². The molecule has 0 radical (unpaired) electrons. The number of hydrogen-bond acceptors (Lipinski definition) is 4. The first-order valence-electron chi connectivity index (χ1n) is 8.22. The maximum absolute atomic E-state index is 12.5. The van der Waals surface area contributed by atoms with Crippen LogP contribution >= 0.6 is 11.6 Å². The van der Waals surface area contributed by atoms with Crippen molar-refractivity contribution in [2.24, 2.45) is 0 Å². The SMILES string of the molecule is Cc1ccc(Cl)cc1NC(=O)c1cncc(C(=O)NCc2ccncc2)c1. The summed E-state index contributed by atoms with van der Waals surface area (Å²) in [6.45, 7) is 2.23. The van der Waals surface area contributed by atoms with Crippen molar-refractivity contribution >= 4 is 29.1 Å². The highest BCUT2D eigenvalue weighted by atomic mass is 35.5. The number of benzene rings is 1. The van der Waals surface area contributed by atoms with Crippen LogP contribution in [-0.4, -0.2) is 21.8 Å². The van der Waals surface area contributed by atoms with Gasteiger partial charge in [-0.2, -0.15) is 0 Å². The normalized spacial score (nSPS) is 10.3. The van der Waals surface area contributed by atoms with Gasteiger partial charge in [-0.1, -0.05) is 17.7 Å². The lowest BCUT2D eigenvalue weighted by atomic mass is 10.1. The summed E-state index contributed by atoms with van der Waals surface area (Å²) in [6, 6.07) is 10.4. The fraction of sp³-hybridized carbons (Fsp3) is 0.100. The molecule has 2 heterocycles. The maximum atomic E-state index is 12.5. The average Bonchev–Trinajstić information content (AvgIpc) is 2.69. The molecule has 6 nitrogen and oxygen atoms in total. The molecule has 0 atom stereocenters. The van der Waals surface area contributed by atoms with Crippen LogP contribution in [0.5, 0.6) is 0 Å². The molecule has 0 aliphatic heterocycles.